The summed E-state index contributed by atoms with van der Waals surface area (Å²) in [7, 11) is 0. The second-order valence-electron chi connectivity index (χ2n) is 5.57. The minimum Gasteiger partial charge on any atom is -0.367 e. The van der Waals surface area contributed by atoms with E-state index < -0.39 is 0 Å². The molecule has 0 N–H and O–H groups in total. The molecule has 0 radical (unpaired) electrons. The maximum absolute atomic E-state index is 13.8. The van der Waals surface area contributed by atoms with Crippen LogP contribution in [-0.4, -0.2) is 37.4 Å². The van der Waals surface area contributed by atoms with Gasteiger partial charge in [-0.05, 0) is 17.7 Å². The quantitative estimate of drug-likeness (QED) is 0.811. The van der Waals surface area contributed by atoms with Crippen molar-refractivity contribution in [3.8, 4) is 0 Å². The molecular weight excluding hydrogens is 279 g/mol. The number of hydrogen-bond acceptors (Lipinski definition) is 3. The number of carbonyl (C=O) groups excluding carboxylic acids is 1. The van der Waals surface area contributed by atoms with Gasteiger partial charge in [0.1, 0.15) is 12.1 Å². The second kappa shape index (κ2) is 6.71. The summed E-state index contributed by atoms with van der Waals surface area (Å²) in [5.74, 6) is -0.152. The Morgan fingerprint density at radius 3 is 2.27 bits per heavy atom. The van der Waals surface area contributed by atoms with E-state index in [2.05, 4.69) is 9.80 Å². The van der Waals surface area contributed by atoms with Gasteiger partial charge in [-0.1, -0.05) is 36.4 Å². The minimum absolute atomic E-state index is 0.152. The Balaban J connectivity index is 1.57. The number of aldehydes is 1. The van der Waals surface area contributed by atoms with Crippen molar-refractivity contribution in [2.75, 3.05) is 31.1 Å². The van der Waals surface area contributed by atoms with Crippen molar-refractivity contribution >= 4 is 12.0 Å². The number of halogens is 1. The minimum atomic E-state index is -0.152. The van der Waals surface area contributed by atoms with E-state index >= 15 is 0 Å². The lowest BCUT2D eigenvalue weighted by Crippen LogP contribution is -2.46. The molecule has 0 bridgehead atoms. The summed E-state index contributed by atoms with van der Waals surface area (Å²) in [6.07, 6.45) is 0.858. The highest BCUT2D eigenvalue weighted by Crippen LogP contribution is 2.20. The van der Waals surface area contributed by atoms with Gasteiger partial charge in [0.05, 0.1) is 5.69 Å². The van der Waals surface area contributed by atoms with Crippen molar-refractivity contribution in [1.82, 2.24) is 4.90 Å². The first-order valence-corrected chi connectivity index (χ1v) is 7.52. The van der Waals surface area contributed by atoms with Gasteiger partial charge in [0.25, 0.3) is 0 Å². The highest BCUT2D eigenvalue weighted by Gasteiger charge is 2.19. The average molecular weight is 298 g/mol. The van der Waals surface area contributed by atoms with E-state index in [-0.39, 0.29) is 5.82 Å². The summed E-state index contributed by atoms with van der Waals surface area (Å²) in [5.41, 5.74) is 2.59. The summed E-state index contributed by atoms with van der Waals surface area (Å²) in [6.45, 7) is 4.33. The third-order valence-corrected chi connectivity index (χ3v) is 4.09. The number of benzene rings is 2. The van der Waals surface area contributed by atoms with E-state index in [1.54, 1.807) is 6.07 Å². The Bertz CT molecular complexity index is 634. The molecule has 22 heavy (non-hydrogen) atoms. The fraction of sp³-hybridized carbons (Fsp3) is 0.278. The van der Waals surface area contributed by atoms with Crippen molar-refractivity contribution in [2.45, 2.75) is 6.54 Å². The zero-order valence-electron chi connectivity index (χ0n) is 12.4. The number of carbonyl (C=O) groups is 1. The molecule has 0 amide bonds. The fourth-order valence-corrected chi connectivity index (χ4v) is 2.81. The zero-order valence-corrected chi connectivity index (χ0v) is 12.4. The Labute approximate surface area is 130 Å². The molecule has 1 aliphatic rings. The van der Waals surface area contributed by atoms with Gasteiger partial charge in [-0.15, -0.1) is 0 Å². The Morgan fingerprint density at radius 1 is 0.955 bits per heavy atom. The summed E-state index contributed by atoms with van der Waals surface area (Å²) in [5, 5.41) is 0. The van der Waals surface area contributed by atoms with Gasteiger partial charge in [-0.2, -0.15) is 0 Å². The van der Waals surface area contributed by atoms with E-state index in [1.807, 2.05) is 36.4 Å². The molecule has 1 fully saturated rings. The van der Waals surface area contributed by atoms with E-state index in [9.17, 15) is 9.18 Å². The van der Waals surface area contributed by atoms with Crippen LogP contribution in [-0.2, 0) is 6.54 Å². The number of piperazine rings is 1. The molecule has 4 heteroatoms. The number of hydrogen-bond donors (Lipinski definition) is 0. The van der Waals surface area contributed by atoms with Gasteiger partial charge in [0.2, 0.25) is 0 Å². The monoisotopic (exact) mass is 298 g/mol. The lowest BCUT2D eigenvalue weighted by molar-refractivity contribution is 0.112. The molecule has 114 valence electrons. The van der Waals surface area contributed by atoms with Gasteiger partial charge < -0.3 is 4.90 Å². The molecule has 0 unspecified atom stereocenters. The predicted molar refractivity (Wildman–Crippen MR) is 85.7 cm³/mol. The van der Waals surface area contributed by atoms with Crippen molar-refractivity contribution < 1.29 is 9.18 Å². The lowest BCUT2D eigenvalue weighted by atomic mass is 10.1. The van der Waals surface area contributed by atoms with Crippen LogP contribution in [0.5, 0.6) is 0 Å². The Morgan fingerprint density at radius 2 is 1.64 bits per heavy atom. The summed E-state index contributed by atoms with van der Waals surface area (Å²) < 4.78 is 13.8. The number of nitrogens with zero attached hydrogens (tertiary/aromatic N) is 2. The van der Waals surface area contributed by atoms with Crippen molar-refractivity contribution in [1.29, 1.82) is 0 Å². The van der Waals surface area contributed by atoms with E-state index in [0.717, 1.165) is 39.0 Å². The van der Waals surface area contributed by atoms with Crippen LogP contribution in [0, 0.1) is 5.82 Å². The number of rotatable bonds is 4. The van der Waals surface area contributed by atoms with Gasteiger partial charge in [0.15, 0.2) is 0 Å². The summed E-state index contributed by atoms with van der Waals surface area (Å²) >= 11 is 0. The van der Waals surface area contributed by atoms with Crippen molar-refractivity contribution in [3.63, 3.8) is 0 Å². The van der Waals surface area contributed by atoms with Gasteiger partial charge in [-0.25, -0.2) is 4.39 Å². The molecule has 3 rings (SSSR count). The third-order valence-electron chi connectivity index (χ3n) is 4.09. The lowest BCUT2D eigenvalue weighted by Gasteiger charge is -2.36. The molecule has 1 aliphatic heterocycles. The molecule has 0 aromatic heterocycles. The average Bonchev–Trinajstić information content (AvgIpc) is 2.57. The van der Waals surface area contributed by atoms with Gasteiger partial charge in [-0.3, -0.25) is 9.69 Å². The van der Waals surface area contributed by atoms with Crippen LogP contribution >= 0.6 is 0 Å². The molecule has 2 aromatic rings. The largest absolute Gasteiger partial charge is 0.367 e. The molecule has 3 nitrogen and oxygen atoms in total. The normalized spacial score (nSPS) is 15.8. The molecule has 2 aromatic carbocycles. The molecular formula is C18H19FN2O. The van der Waals surface area contributed by atoms with Crippen LogP contribution in [0.4, 0.5) is 10.1 Å². The third kappa shape index (κ3) is 3.34. The van der Waals surface area contributed by atoms with Crippen LogP contribution in [0.15, 0.2) is 48.5 Å². The highest BCUT2D eigenvalue weighted by atomic mass is 19.1. The first-order chi connectivity index (χ1) is 10.8. The Hall–Kier alpha value is -2.20. The maximum Gasteiger partial charge on any atom is 0.150 e. The first-order valence-electron chi connectivity index (χ1n) is 7.52. The van der Waals surface area contributed by atoms with Crippen LogP contribution in [0.25, 0.3) is 0 Å². The van der Waals surface area contributed by atoms with E-state index in [0.29, 0.717) is 11.3 Å². The fourth-order valence-electron chi connectivity index (χ4n) is 2.81. The standard InChI is InChI=1S/C18H19FN2O/c19-17-3-1-2-4-18(17)21-11-9-20(10-12-21)13-15-5-7-16(14-22)8-6-15/h1-8,14H,9-13H2. The molecule has 0 atom stereocenters. The summed E-state index contributed by atoms with van der Waals surface area (Å²) in [4.78, 5) is 15.1. The van der Waals surface area contributed by atoms with Crippen molar-refractivity contribution in [2.24, 2.45) is 0 Å². The topological polar surface area (TPSA) is 23.6 Å². The van der Waals surface area contributed by atoms with E-state index in [4.69, 9.17) is 0 Å². The van der Waals surface area contributed by atoms with Gasteiger partial charge in [0, 0.05) is 38.3 Å². The SMILES string of the molecule is O=Cc1ccc(CN2CCN(c3ccccc3F)CC2)cc1. The van der Waals surface area contributed by atoms with Crippen LogP contribution < -0.4 is 4.90 Å². The van der Waals surface area contributed by atoms with Gasteiger partial charge >= 0.3 is 0 Å². The Kier molecular flexibility index (Phi) is 4.49. The molecule has 0 spiro atoms. The highest BCUT2D eigenvalue weighted by molar-refractivity contribution is 5.74. The van der Waals surface area contributed by atoms with Crippen LogP contribution in [0.2, 0.25) is 0 Å². The number of anilines is 1. The van der Waals surface area contributed by atoms with Crippen LogP contribution in [0.3, 0.4) is 0 Å². The maximum atomic E-state index is 13.8. The van der Waals surface area contributed by atoms with E-state index in [1.165, 1.54) is 11.6 Å². The zero-order chi connectivity index (χ0) is 15.4. The first kappa shape index (κ1) is 14.7. The number of para-hydroxylation sites is 1. The molecule has 1 heterocycles. The smallest absolute Gasteiger partial charge is 0.150 e. The van der Waals surface area contributed by atoms with Crippen LogP contribution in [0.1, 0.15) is 15.9 Å². The second-order valence-corrected chi connectivity index (χ2v) is 5.57. The predicted octanol–water partition coefficient (Wildman–Crippen LogP) is 2.96. The molecule has 0 saturated carbocycles. The summed E-state index contributed by atoms with van der Waals surface area (Å²) in [6, 6.07) is 14.6. The molecule has 1 saturated heterocycles. The van der Waals surface area contributed by atoms with Crippen molar-refractivity contribution in [3.05, 3.63) is 65.5 Å². The molecule has 0 aliphatic carbocycles.